The van der Waals surface area contributed by atoms with Gasteiger partial charge in [-0.05, 0) is 55.5 Å². The van der Waals surface area contributed by atoms with Gasteiger partial charge in [-0.25, -0.2) is 0 Å². The van der Waals surface area contributed by atoms with Crippen molar-refractivity contribution >= 4 is 11.6 Å². The van der Waals surface area contributed by atoms with E-state index in [0.29, 0.717) is 11.6 Å². The Bertz CT molecular complexity index is 594. The molecule has 0 saturated heterocycles. The van der Waals surface area contributed by atoms with E-state index in [-0.39, 0.29) is 5.91 Å². The van der Waals surface area contributed by atoms with Crippen molar-refractivity contribution in [3.05, 3.63) is 46.8 Å². The first-order valence-electron chi connectivity index (χ1n) is 6.88. The largest absolute Gasteiger partial charge is 0.321 e. The molecule has 1 amide bonds. The number of aromatic nitrogens is 2. The fourth-order valence-corrected chi connectivity index (χ4v) is 2.26. The number of hydrogen-bond acceptors (Lipinski definition) is 2. The highest BCUT2D eigenvalue weighted by Gasteiger charge is 2.11. The number of nitrogens with zero attached hydrogens (tertiary/aromatic N) is 1. The highest BCUT2D eigenvalue weighted by molar-refractivity contribution is 6.03. The highest BCUT2D eigenvalue weighted by atomic mass is 16.1. The number of aryl methyl sites for hydroxylation is 2. The number of nitrogens with one attached hydrogen (secondary N) is 2. The normalized spacial score (nSPS) is 10.8. The third-order valence-electron chi connectivity index (χ3n) is 2.97. The number of H-pyrrole nitrogens is 1. The summed E-state index contributed by atoms with van der Waals surface area (Å²) in [6.45, 7) is 8.29. The number of rotatable bonds is 4. The second-order valence-electron chi connectivity index (χ2n) is 5.71. The van der Waals surface area contributed by atoms with Gasteiger partial charge in [0.05, 0.1) is 0 Å². The third-order valence-corrected chi connectivity index (χ3v) is 2.97. The van der Waals surface area contributed by atoms with Crippen molar-refractivity contribution in [3.63, 3.8) is 0 Å². The monoisotopic (exact) mass is 271 g/mol. The van der Waals surface area contributed by atoms with Gasteiger partial charge >= 0.3 is 0 Å². The maximum absolute atomic E-state index is 12.1. The molecule has 0 aliphatic rings. The Kier molecular flexibility index (Phi) is 4.23. The molecule has 2 rings (SSSR count). The molecule has 0 unspecified atom stereocenters. The van der Waals surface area contributed by atoms with Gasteiger partial charge in [0.2, 0.25) is 0 Å². The quantitative estimate of drug-likeness (QED) is 0.894. The van der Waals surface area contributed by atoms with Crippen LogP contribution in [0.15, 0.2) is 24.3 Å². The first-order valence-corrected chi connectivity index (χ1v) is 6.88. The van der Waals surface area contributed by atoms with Crippen LogP contribution in [-0.2, 0) is 6.42 Å². The molecule has 106 valence electrons. The first-order chi connectivity index (χ1) is 9.44. The molecule has 0 aliphatic carbocycles. The minimum absolute atomic E-state index is 0.179. The van der Waals surface area contributed by atoms with Crippen LogP contribution in [0.2, 0.25) is 0 Å². The summed E-state index contributed by atoms with van der Waals surface area (Å²) < 4.78 is 0. The predicted octanol–water partition coefficient (Wildman–Crippen LogP) is 3.48. The Morgan fingerprint density at radius 1 is 1.20 bits per heavy atom. The van der Waals surface area contributed by atoms with Crippen LogP contribution in [0.25, 0.3) is 0 Å². The smallest absolute Gasteiger partial charge is 0.276 e. The minimum atomic E-state index is -0.179. The van der Waals surface area contributed by atoms with Gasteiger partial charge < -0.3 is 5.32 Å². The van der Waals surface area contributed by atoms with Crippen molar-refractivity contribution in [2.45, 2.75) is 34.1 Å². The fraction of sp³-hybridized carbons (Fsp3) is 0.375. The van der Waals surface area contributed by atoms with Crippen LogP contribution in [-0.4, -0.2) is 16.1 Å². The molecular formula is C16H21N3O. The molecule has 1 aromatic carbocycles. The van der Waals surface area contributed by atoms with E-state index in [9.17, 15) is 4.79 Å². The average Bonchev–Trinajstić information content (AvgIpc) is 2.75. The molecule has 2 N–H and O–H groups in total. The Balaban J connectivity index is 2.09. The lowest BCUT2D eigenvalue weighted by molar-refractivity contribution is 0.102. The van der Waals surface area contributed by atoms with Crippen molar-refractivity contribution < 1.29 is 4.79 Å². The Morgan fingerprint density at radius 3 is 2.45 bits per heavy atom. The number of amides is 1. The van der Waals surface area contributed by atoms with E-state index >= 15 is 0 Å². The van der Waals surface area contributed by atoms with Crippen molar-refractivity contribution in [2.24, 2.45) is 5.92 Å². The summed E-state index contributed by atoms with van der Waals surface area (Å²) in [5.74, 6) is 0.354. The van der Waals surface area contributed by atoms with E-state index in [0.717, 1.165) is 28.9 Å². The molecule has 1 aromatic heterocycles. The molecule has 0 saturated carbocycles. The summed E-state index contributed by atoms with van der Waals surface area (Å²) in [5, 5.41) is 9.87. The summed E-state index contributed by atoms with van der Waals surface area (Å²) in [5.41, 5.74) is 4.48. The van der Waals surface area contributed by atoms with Crippen LogP contribution >= 0.6 is 0 Å². The van der Waals surface area contributed by atoms with Crippen LogP contribution in [0.3, 0.4) is 0 Å². The number of benzene rings is 1. The van der Waals surface area contributed by atoms with Gasteiger partial charge in [-0.2, -0.15) is 5.10 Å². The van der Waals surface area contributed by atoms with Crippen LogP contribution in [0.4, 0.5) is 5.69 Å². The second-order valence-corrected chi connectivity index (χ2v) is 5.71. The number of hydrogen-bond donors (Lipinski definition) is 2. The summed E-state index contributed by atoms with van der Waals surface area (Å²) in [4.78, 5) is 12.1. The van der Waals surface area contributed by atoms with Gasteiger partial charge in [-0.1, -0.05) is 19.9 Å². The van der Waals surface area contributed by atoms with Gasteiger partial charge in [0, 0.05) is 11.4 Å². The molecular weight excluding hydrogens is 250 g/mol. The van der Waals surface area contributed by atoms with E-state index in [4.69, 9.17) is 0 Å². The van der Waals surface area contributed by atoms with Crippen molar-refractivity contribution in [1.82, 2.24) is 10.2 Å². The zero-order chi connectivity index (χ0) is 14.7. The molecule has 0 spiro atoms. The average molecular weight is 271 g/mol. The lowest BCUT2D eigenvalue weighted by Gasteiger charge is -2.05. The lowest BCUT2D eigenvalue weighted by atomic mass is 10.1. The minimum Gasteiger partial charge on any atom is -0.321 e. The highest BCUT2D eigenvalue weighted by Crippen LogP contribution is 2.15. The van der Waals surface area contributed by atoms with E-state index < -0.39 is 0 Å². The molecule has 0 aliphatic heterocycles. The van der Waals surface area contributed by atoms with Gasteiger partial charge in [0.25, 0.3) is 5.91 Å². The zero-order valence-corrected chi connectivity index (χ0v) is 12.4. The van der Waals surface area contributed by atoms with Gasteiger partial charge in [0.1, 0.15) is 0 Å². The van der Waals surface area contributed by atoms with Gasteiger partial charge in [0.15, 0.2) is 5.69 Å². The number of carbonyl (C=O) groups is 1. The first kappa shape index (κ1) is 14.3. The SMILES string of the molecule is Cc1cc(C)cc(NC(=O)c2cc(CC(C)C)[nH]n2)c1. The summed E-state index contributed by atoms with van der Waals surface area (Å²) >= 11 is 0. The molecule has 0 bridgehead atoms. The lowest BCUT2D eigenvalue weighted by Crippen LogP contribution is -2.12. The van der Waals surface area contributed by atoms with E-state index in [1.165, 1.54) is 0 Å². The third kappa shape index (κ3) is 3.70. The summed E-state index contributed by atoms with van der Waals surface area (Å²) in [6, 6.07) is 7.79. The van der Waals surface area contributed by atoms with Crippen LogP contribution in [0.5, 0.6) is 0 Å². The number of aromatic amines is 1. The molecule has 4 nitrogen and oxygen atoms in total. The van der Waals surface area contributed by atoms with Crippen LogP contribution in [0, 0.1) is 19.8 Å². The molecule has 1 heterocycles. The van der Waals surface area contributed by atoms with Gasteiger partial charge in [-0.15, -0.1) is 0 Å². The number of anilines is 1. The molecule has 0 atom stereocenters. The van der Waals surface area contributed by atoms with E-state index in [1.807, 2.05) is 32.0 Å². The Labute approximate surface area is 119 Å². The van der Waals surface area contributed by atoms with Crippen molar-refractivity contribution in [2.75, 3.05) is 5.32 Å². The molecule has 20 heavy (non-hydrogen) atoms. The van der Waals surface area contributed by atoms with Crippen molar-refractivity contribution in [3.8, 4) is 0 Å². The Morgan fingerprint density at radius 2 is 1.85 bits per heavy atom. The Hall–Kier alpha value is -2.10. The van der Waals surface area contributed by atoms with Crippen LogP contribution < -0.4 is 5.32 Å². The standard InChI is InChI=1S/C16H21N3O/c1-10(2)5-14-9-15(19-18-14)16(20)17-13-7-11(3)6-12(4)8-13/h6-10H,5H2,1-4H3,(H,17,20)(H,18,19). The maximum Gasteiger partial charge on any atom is 0.276 e. The fourth-order valence-electron chi connectivity index (χ4n) is 2.26. The topological polar surface area (TPSA) is 57.8 Å². The van der Waals surface area contributed by atoms with Gasteiger partial charge in [-0.3, -0.25) is 9.89 Å². The second kappa shape index (κ2) is 5.90. The zero-order valence-electron chi connectivity index (χ0n) is 12.4. The molecule has 4 heteroatoms. The summed E-state index contributed by atoms with van der Waals surface area (Å²) in [6.07, 6.45) is 0.893. The van der Waals surface area contributed by atoms with E-state index in [2.05, 4.69) is 35.4 Å². The number of carbonyl (C=O) groups excluding carboxylic acids is 1. The molecule has 0 radical (unpaired) electrons. The predicted molar refractivity (Wildman–Crippen MR) is 81.0 cm³/mol. The molecule has 2 aromatic rings. The maximum atomic E-state index is 12.1. The van der Waals surface area contributed by atoms with Crippen LogP contribution in [0.1, 0.15) is 41.2 Å². The summed E-state index contributed by atoms with van der Waals surface area (Å²) in [7, 11) is 0. The van der Waals surface area contributed by atoms with Crippen molar-refractivity contribution in [1.29, 1.82) is 0 Å². The van der Waals surface area contributed by atoms with E-state index in [1.54, 1.807) is 0 Å². The molecule has 0 fully saturated rings.